The number of esters is 1. The monoisotopic (exact) mass is 943 g/mol. The van der Waals surface area contributed by atoms with Gasteiger partial charge in [-0.2, -0.15) is 5.43 Å². The van der Waals surface area contributed by atoms with E-state index in [4.69, 9.17) is 19.2 Å². The minimum atomic E-state index is -2.26. The minimum absolute atomic E-state index is 0.0348. The van der Waals surface area contributed by atoms with E-state index in [1.807, 2.05) is 71.0 Å². The molecule has 0 saturated carbocycles. The van der Waals surface area contributed by atoms with Gasteiger partial charge in [-0.15, -0.1) is 0 Å². The Morgan fingerprint density at radius 2 is 1.84 bits per heavy atom. The summed E-state index contributed by atoms with van der Waals surface area (Å²) < 4.78 is 20.0. The molecule has 3 aliphatic heterocycles. The molecule has 16 heteroatoms. The van der Waals surface area contributed by atoms with Crippen LogP contribution in [-0.4, -0.2) is 116 Å². The number of phenolic OH excluding ortho intramolecular Hbond substituents is 1. The molecule has 8 rings (SSSR count). The van der Waals surface area contributed by atoms with Gasteiger partial charge in [0.1, 0.15) is 23.9 Å². The van der Waals surface area contributed by atoms with E-state index in [9.17, 15) is 29.4 Å². The standard InChI is InChI=1S/C53H65N7O9/c1-9-59-43-16-15-34-27-40(43)41(46(59)39-14-11-20-55-44(39)32(4)67-8)28-52(5,6)30-69-51(65)53(66)18-12-21-60(57-53)49(63)42(25-33-23-36(34)26-37(61)24-33)56-48(62)45(31(2)3)58(7)50(64)47-38(17-22-68-47)35-13-10-19-54-29-35/h10-11,13-16,19-20,23-24,26-27,29,31-32,38,42,45,47,57,61,66H,9,12,17-18,21-22,25,28,30H2,1-8H3,(H,56,62)/t32-,38+,42-,45-,47+,53-/m0/s1. The van der Waals surface area contributed by atoms with E-state index >= 15 is 0 Å². The third kappa shape index (κ3) is 9.98. The van der Waals surface area contributed by atoms with E-state index in [2.05, 4.69) is 39.4 Å². The maximum Gasteiger partial charge on any atom is 0.355 e. The highest BCUT2D eigenvalue weighted by Gasteiger charge is 2.46. The molecule has 2 fully saturated rings. The van der Waals surface area contributed by atoms with E-state index in [-0.39, 0.29) is 56.1 Å². The summed E-state index contributed by atoms with van der Waals surface area (Å²) in [4.78, 5) is 68.2. The first kappa shape index (κ1) is 49.2. The zero-order chi connectivity index (χ0) is 49.4. The Bertz CT molecular complexity index is 2720. The normalized spacial score (nSPS) is 22.8. The number of carbonyl (C=O) groups is 4. The van der Waals surface area contributed by atoms with Crippen LogP contribution in [-0.2, 0) is 52.8 Å². The van der Waals surface area contributed by atoms with Crippen LogP contribution in [0.5, 0.6) is 5.75 Å². The highest BCUT2D eigenvalue weighted by molar-refractivity contribution is 5.96. The first-order valence-corrected chi connectivity index (χ1v) is 24.0. The Labute approximate surface area is 403 Å². The summed E-state index contributed by atoms with van der Waals surface area (Å²) in [7, 11) is 3.22. The number of nitrogens with zero attached hydrogens (tertiary/aromatic N) is 5. The fourth-order valence-electron chi connectivity index (χ4n) is 10.4. The second-order valence-electron chi connectivity index (χ2n) is 19.9. The van der Waals surface area contributed by atoms with Gasteiger partial charge in [0.15, 0.2) is 0 Å². The first-order chi connectivity index (χ1) is 32.9. The van der Waals surface area contributed by atoms with Gasteiger partial charge in [-0.05, 0) is 109 Å². The number of nitrogens with one attached hydrogen (secondary N) is 2. The van der Waals surface area contributed by atoms with Crippen LogP contribution in [0.15, 0.2) is 79.3 Å². The number of aromatic hydroxyl groups is 1. The molecule has 3 aromatic heterocycles. The maximum atomic E-state index is 14.8. The van der Waals surface area contributed by atoms with Crippen LogP contribution >= 0.6 is 0 Å². The number of hydrogen-bond acceptors (Lipinski definition) is 12. The van der Waals surface area contributed by atoms with Crippen LogP contribution in [0.2, 0.25) is 0 Å². The molecule has 3 amide bonds. The van der Waals surface area contributed by atoms with Crippen molar-refractivity contribution in [2.45, 2.75) is 116 Å². The summed E-state index contributed by atoms with van der Waals surface area (Å²) in [5.41, 5.74) is 7.32. The van der Waals surface area contributed by atoms with Crippen molar-refractivity contribution in [3.63, 3.8) is 0 Å². The van der Waals surface area contributed by atoms with Crippen molar-refractivity contribution in [3.8, 4) is 28.1 Å². The number of aliphatic hydroxyl groups is 1. The fourth-order valence-corrected chi connectivity index (χ4v) is 10.4. The topological polar surface area (TPSA) is 198 Å². The quantitative estimate of drug-likeness (QED) is 0.116. The van der Waals surface area contributed by atoms with Gasteiger partial charge in [0, 0.05) is 93.1 Å². The number of rotatable bonds is 10. The molecule has 366 valence electrons. The van der Waals surface area contributed by atoms with Gasteiger partial charge in [-0.1, -0.05) is 45.9 Å². The molecule has 0 unspecified atom stereocenters. The number of hydrazine groups is 1. The Morgan fingerprint density at radius 1 is 1.06 bits per heavy atom. The van der Waals surface area contributed by atoms with Crippen molar-refractivity contribution in [2.75, 3.05) is 33.9 Å². The number of amides is 3. The molecule has 4 N–H and O–H groups in total. The van der Waals surface area contributed by atoms with Crippen molar-refractivity contribution in [1.29, 1.82) is 0 Å². The number of fused-ring (bicyclic) bond motifs is 6. The maximum absolute atomic E-state index is 14.8. The molecule has 5 aromatic rings. The van der Waals surface area contributed by atoms with Crippen molar-refractivity contribution in [3.05, 3.63) is 102 Å². The van der Waals surface area contributed by atoms with E-state index < -0.39 is 53.0 Å². The minimum Gasteiger partial charge on any atom is -0.508 e. The smallest absolute Gasteiger partial charge is 0.355 e. The van der Waals surface area contributed by atoms with Gasteiger partial charge < -0.3 is 39.2 Å². The Morgan fingerprint density at radius 3 is 2.57 bits per heavy atom. The van der Waals surface area contributed by atoms with Crippen molar-refractivity contribution < 1.29 is 43.6 Å². The number of benzene rings is 2. The average molecular weight is 944 g/mol. The van der Waals surface area contributed by atoms with Crippen molar-refractivity contribution in [2.24, 2.45) is 11.3 Å². The number of hydrogen-bond donors (Lipinski definition) is 4. The third-order valence-corrected chi connectivity index (χ3v) is 13.9. The van der Waals surface area contributed by atoms with E-state index in [1.54, 1.807) is 44.9 Å². The molecular formula is C53H65N7O9. The van der Waals surface area contributed by atoms with E-state index in [0.717, 1.165) is 49.6 Å². The number of methoxy groups -OCH3 is 1. The summed E-state index contributed by atoms with van der Waals surface area (Å²) in [6.45, 7) is 12.7. The van der Waals surface area contributed by atoms with Crippen LogP contribution in [0.3, 0.4) is 0 Å². The van der Waals surface area contributed by atoms with Gasteiger partial charge in [0.2, 0.25) is 11.6 Å². The molecule has 69 heavy (non-hydrogen) atoms. The molecule has 6 bridgehead atoms. The third-order valence-electron chi connectivity index (χ3n) is 13.9. The average Bonchev–Trinajstić information content (AvgIpc) is 3.94. The van der Waals surface area contributed by atoms with Gasteiger partial charge in [0.25, 0.3) is 11.8 Å². The number of cyclic esters (lactones) is 1. The number of ether oxygens (including phenoxy) is 3. The van der Waals surface area contributed by atoms with Gasteiger partial charge in [0.05, 0.1) is 24.1 Å². The zero-order valence-corrected chi connectivity index (χ0v) is 40.8. The van der Waals surface area contributed by atoms with Crippen LogP contribution < -0.4 is 10.7 Å². The summed E-state index contributed by atoms with van der Waals surface area (Å²) in [5.74, 6) is -3.23. The molecule has 2 saturated heterocycles. The summed E-state index contributed by atoms with van der Waals surface area (Å²) in [6, 6.07) is 16.6. The summed E-state index contributed by atoms with van der Waals surface area (Å²) in [5, 5.41) is 28.4. The Hall–Kier alpha value is -6.20. The lowest BCUT2D eigenvalue weighted by Gasteiger charge is -2.40. The number of phenols is 1. The number of pyridine rings is 2. The summed E-state index contributed by atoms with van der Waals surface area (Å²) >= 11 is 0. The highest BCUT2D eigenvalue weighted by atomic mass is 16.6. The molecule has 3 aliphatic rings. The van der Waals surface area contributed by atoms with Gasteiger partial charge in [-0.3, -0.25) is 29.4 Å². The molecule has 2 aromatic carbocycles. The van der Waals surface area contributed by atoms with Crippen molar-refractivity contribution >= 4 is 34.6 Å². The van der Waals surface area contributed by atoms with Crippen LogP contribution in [0.4, 0.5) is 0 Å². The molecule has 16 nitrogen and oxygen atoms in total. The second-order valence-corrected chi connectivity index (χ2v) is 19.9. The number of aromatic nitrogens is 3. The molecular weight excluding hydrogens is 879 g/mol. The first-order valence-electron chi connectivity index (χ1n) is 24.0. The number of carbonyl (C=O) groups excluding carboxylic acids is 4. The highest BCUT2D eigenvalue weighted by Crippen LogP contribution is 2.42. The molecule has 0 spiro atoms. The predicted octanol–water partition coefficient (Wildman–Crippen LogP) is 6.22. The van der Waals surface area contributed by atoms with Crippen LogP contribution in [0.25, 0.3) is 33.3 Å². The molecule has 6 atom stereocenters. The zero-order valence-electron chi connectivity index (χ0n) is 40.8. The lowest BCUT2D eigenvalue weighted by Crippen LogP contribution is -2.67. The summed E-state index contributed by atoms with van der Waals surface area (Å²) in [6.07, 6.45) is 5.17. The van der Waals surface area contributed by atoms with Crippen LogP contribution in [0, 0.1) is 11.3 Å². The van der Waals surface area contributed by atoms with Crippen molar-refractivity contribution in [1.82, 2.24) is 35.2 Å². The van der Waals surface area contributed by atoms with Gasteiger partial charge >= 0.3 is 5.97 Å². The SMILES string of the molecule is CCn1c(-c2cccnc2[C@H](C)OC)c2c3cc(ccc31)-c1cc(O)cc(c1)C[C@H](NC(=O)[C@H](C(C)C)N(C)C(=O)[C@@H]1OCC[C@@H]1c1cccnc1)C(=O)N1CCC[C@@](O)(N1)C(=O)OCC(C)(C)C2. The van der Waals surface area contributed by atoms with E-state index in [1.165, 1.54) is 4.90 Å². The number of aryl methyl sites for hydroxylation is 1. The van der Waals surface area contributed by atoms with E-state index in [0.29, 0.717) is 37.1 Å². The predicted molar refractivity (Wildman–Crippen MR) is 259 cm³/mol. The molecule has 6 heterocycles. The Kier molecular flexibility index (Phi) is 14.3. The Balaban J connectivity index is 1.21. The van der Waals surface area contributed by atoms with Gasteiger partial charge in [-0.25, -0.2) is 4.79 Å². The fraction of sp³-hybridized carbons (Fsp3) is 0.472. The molecule has 0 radical (unpaired) electrons. The molecule has 0 aliphatic carbocycles. The lowest BCUT2D eigenvalue weighted by molar-refractivity contribution is -0.189. The number of likely N-dealkylation sites (N-methyl/N-ethyl adjacent to an activating group) is 1. The second kappa shape index (κ2) is 20.0. The largest absolute Gasteiger partial charge is 0.508 e. The van der Waals surface area contributed by atoms with Crippen LogP contribution in [0.1, 0.15) is 95.2 Å². The lowest BCUT2D eigenvalue weighted by atomic mass is 9.84.